The minimum atomic E-state index is -0.0817. The van der Waals surface area contributed by atoms with E-state index in [-0.39, 0.29) is 12.5 Å². The number of benzene rings is 1. The van der Waals surface area contributed by atoms with Gasteiger partial charge in [-0.2, -0.15) is 0 Å². The number of aliphatic hydroxyl groups is 1. The first kappa shape index (κ1) is 13.8. The van der Waals surface area contributed by atoms with Gasteiger partial charge in [-0.15, -0.1) is 0 Å². The Morgan fingerprint density at radius 1 is 1.41 bits per heavy atom. The number of halogens is 1. The highest BCUT2D eigenvalue weighted by molar-refractivity contribution is 6.32. The molecule has 0 fully saturated rings. The number of ether oxygens (including phenoxy) is 1. The Balaban J connectivity index is 2.16. The summed E-state index contributed by atoms with van der Waals surface area (Å²) in [5.74, 6) is 0.548. The maximum Gasteiger partial charge on any atom is 0.220 e. The van der Waals surface area contributed by atoms with E-state index in [1.165, 1.54) is 0 Å². The van der Waals surface area contributed by atoms with Crippen LogP contribution in [0.4, 0.5) is 0 Å². The van der Waals surface area contributed by atoms with E-state index in [2.05, 4.69) is 5.32 Å². The van der Waals surface area contributed by atoms with Gasteiger partial charge in [0.25, 0.3) is 0 Å². The number of rotatable bonds is 7. The molecule has 0 aliphatic rings. The first-order valence-corrected chi connectivity index (χ1v) is 5.86. The van der Waals surface area contributed by atoms with Crippen LogP contribution in [0.25, 0.3) is 0 Å². The Labute approximate surface area is 106 Å². The largest absolute Gasteiger partial charge is 0.492 e. The third-order valence-corrected chi connectivity index (χ3v) is 2.39. The number of hydrogen-bond acceptors (Lipinski definition) is 3. The lowest BCUT2D eigenvalue weighted by atomic mass is 10.3. The van der Waals surface area contributed by atoms with Gasteiger partial charge in [0.15, 0.2) is 0 Å². The third-order valence-electron chi connectivity index (χ3n) is 2.08. The van der Waals surface area contributed by atoms with Crippen LogP contribution >= 0.6 is 11.6 Å². The molecule has 0 radical (unpaired) electrons. The zero-order valence-corrected chi connectivity index (χ0v) is 10.2. The third kappa shape index (κ3) is 5.56. The summed E-state index contributed by atoms with van der Waals surface area (Å²) >= 11 is 5.90. The van der Waals surface area contributed by atoms with Gasteiger partial charge in [0.1, 0.15) is 5.75 Å². The number of amides is 1. The fraction of sp³-hybridized carbons (Fsp3) is 0.417. The van der Waals surface area contributed by atoms with Crippen molar-refractivity contribution < 1.29 is 14.6 Å². The van der Waals surface area contributed by atoms with Gasteiger partial charge in [0.05, 0.1) is 18.2 Å². The smallest absolute Gasteiger partial charge is 0.220 e. The van der Waals surface area contributed by atoms with Crippen molar-refractivity contribution in [2.24, 2.45) is 0 Å². The molecule has 2 N–H and O–H groups in total. The minimum absolute atomic E-state index is 0.0398. The van der Waals surface area contributed by atoms with Crippen LogP contribution in [0.1, 0.15) is 12.8 Å². The molecule has 0 saturated heterocycles. The molecule has 4 nitrogen and oxygen atoms in total. The van der Waals surface area contributed by atoms with E-state index < -0.39 is 0 Å². The first-order chi connectivity index (χ1) is 8.24. The average molecular weight is 258 g/mol. The fourth-order valence-corrected chi connectivity index (χ4v) is 1.45. The van der Waals surface area contributed by atoms with Crippen LogP contribution in [-0.2, 0) is 4.79 Å². The molecule has 0 aliphatic carbocycles. The maximum absolute atomic E-state index is 11.2. The Morgan fingerprint density at radius 2 is 2.18 bits per heavy atom. The van der Waals surface area contributed by atoms with Crippen LogP contribution in [0.2, 0.25) is 5.02 Å². The lowest BCUT2D eigenvalue weighted by Gasteiger charge is -2.07. The Morgan fingerprint density at radius 3 is 2.88 bits per heavy atom. The van der Waals surface area contributed by atoms with E-state index in [0.29, 0.717) is 36.8 Å². The average Bonchev–Trinajstić information content (AvgIpc) is 2.34. The molecule has 0 bridgehead atoms. The standard InChI is InChI=1S/C12H16ClNO3/c13-10-4-1-2-5-11(10)17-9-3-6-12(16)14-7-8-15/h1-2,4-5,15H,3,6-9H2,(H,14,16). The van der Waals surface area contributed by atoms with Gasteiger partial charge in [0, 0.05) is 13.0 Å². The Bertz CT molecular complexity index is 357. The van der Waals surface area contributed by atoms with E-state index in [1.807, 2.05) is 12.1 Å². The number of nitrogens with one attached hydrogen (secondary N) is 1. The van der Waals surface area contributed by atoms with E-state index >= 15 is 0 Å². The number of para-hydroxylation sites is 1. The summed E-state index contributed by atoms with van der Waals surface area (Å²) in [6.07, 6.45) is 0.993. The highest BCUT2D eigenvalue weighted by Gasteiger charge is 2.02. The molecular weight excluding hydrogens is 242 g/mol. The molecular formula is C12H16ClNO3. The highest BCUT2D eigenvalue weighted by atomic mass is 35.5. The van der Waals surface area contributed by atoms with Crippen molar-refractivity contribution in [1.29, 1.82) is 0 Å². The summed E-state index contributed by atoms with van der Waals surface area (Å²) in [6, 6.07) is 7.21. The van der Waals surface area contributed by atoms with E-state index in [1.54, 1.807) is 12.1 Å². The molecule has 0 spiro atoms. The minimum Gasteiger partial charge on any atom is -0.492 e. The maximum atomic E-state index is 11.2. The predicted molar refractivity (Wildman–Crippen MR) is 66.3 cm³/mol. The van der Waals surface area contributed by atoms with Crippen molar-refractivity contribution in [3.63, 3.8) is 0 Å². The van der Waals surface area contributed by atoms with Crippen LogP contribution in [-0.4, -0.2) is 30.8 Å². The molecule has 17 heavy (non-hydrogen) atoms. The molecule has 0 saturated carbocycles. The molecule has 1 aromatic rings. The number of carbonyl (C=O) groups excluding carboxylic acids is 1. The van der Waals surface area contributed by atoms with Gasteiger partial charge in [0.2, 0.25) is 5.91 Å². The molecule has 0 unspecified atom stereocenters. The second-order valence-electron chi connectivity index (χ2n) is 3.46. The second-order valence-corrected chi connectivity index (χ2v) is 3.86. The van der Waals surface area contributed by atoms with Gasteiger partial charge < -0.3 is 15.2 Å². The van der Waals surface area contributed by atoms with Gasteiger partial charge in [-0.1, -0.05) is 23.7 Å². The van der Waals surface area contributed by atoms with Crippen molar-refractivity contribution in [2.75, 3.05) is 19.8 Å². The second kappa shape index (κ2) is 7.92. The zero-order valence-electron chi connectivity index (χ0n) is 9.49. The Hall–Kier alpha value is -1.26. The normalized spacial score (nSPS) is 10.0. The topological polar surface area (TPSA) is 58.6 Å². The van der Waals surface area contributed by atoms with Crippen molar-refractivity contribution in [2.45, 2.75) is 12.8 Å². The van der Waals surface area contributed by atoms with Crippen LogP contribution in [0.15, 0.2) is 24.3 Å². The molecule has 1 rings (SSSR count). The summed E-state index contributed by atoms with van der Waals surface area (Å²) in [5, 5.41) is 11.7. The van der Waals surface area contributed by atoms with Crippen LogP contribution < -0.4 is 10.1 Å². The molecule has 0 aromatic heterocycles. The fourth-order valence-electron chi connectivity index (χ4n) is 1.26. The van der Waals surface area contributed by atoms with Crippen LogP contribution in [0.3, 0.4) is 0 Å². The summed E-state index contributed by atoms with van der Waals surface area (Å²) in [4.78, 5) is 11.2. The zero-order chi connectivity index (χ0) is 12.5. The lowest BCUT2D eigenvalue weighted by Crippen LogP contribution is -2.26. The first-order valence-electron chi connectivity index (χ1n) is 5.49. The van der Waals surface area contributed by atoms with Crippen molar-refractivity contribution >= 4 is 17.5 Å². The molecule has 0 atom stereocenters. The molecule has 0 aliphatic heterocycles. The summed E-state index contributed by atoms with van der Waals surface area (Å²) in [7, 11) is 0. The molecule has 5 heteroatoms. The SMILES string of the molecule is O=C(CCCOc1ccccc1Cl)NCCO. The number of carbonyl (C=O) groups is 1. The van der Waals surface area contributed by atoms with Gasteiger partial charge in [-0.05, 0) is 18.6 Å². The van der Waals surface area contributed by atoms with Crippen LogP contribution in [0, 0.1) is 0 Å². The summed E-state index contributed by atoms with van der Waals surface area (Å²) in [5.41, 5.74) is 0. The molecule has 94 valence electrons. The predicted octanol–water partition coefficient (Wildman–Crippen LogP) is 1.61. The van der Waals surface area contributed by atoms with Crippen molar-refractivity contribution in [3.05, 3.63) is 29.3 Å². The van der Waals surface area contributed by atoms with E-state index in [0.717, 1.165) is 0 Å². The van der Waals surface area contributed by atoms with E-state index in [4.69, 9.17) is 21.4 Å². The molecule has 1 amide bonds. The van der Waals surface area contributed by atoms with Crippen molar-refractivity contribution in [3.8, 4) is 5.75 Å². The number of hydrogen-bond donors (Lipinski definition) is 2. The van der Waals surface area contributed by atoms with Gasteiger partial charge in [-0.3, -0.25) is 4.79 Å². The van der Waals surface area contributed by atoms with Crippen molar-refractivity contribution in [1.82, 2.24) is 5.32 Å². The highest BCUT2D eigenvalue weighted by Crippen LogP contribution is 2.23. The monoisotopic (exact) mass is 257 g/mol. The van der Waals surface area contributed by atoms with Gasteiger partial charge >= 0.3 is 0 Å². The number of aliphatic hydroxyl groups excluding tert-OH is 1. The molecule has 0 heterocycles. The van der Waals surface area contributed by atoms with Gasteiger partial charge in [-0.25, -0.2) is 0 Å². The Kier molecular flexibility index (Phi) is 6.43. The lowest BCUT2D eigenvalue weighted by molar-refractivity contribution is -0.121. The summed E-state index contributed by atoms with van der Waals surface area (Å²) < 4.78 is 5.43. The van der Waals surface area contributed by atoms with Crippen LogP contribution in [0.5, 0.6) is 5.75 Å². The quantitative estimate of drug-likeness (QED) is 0.730. The summed E-state index contributed by atoms with van der Waals surface area (Å²) in [6.45, 7) is 0.697. The molecule has 1 aromatic carbocycles. The van der Waals surface area contributed by atoms with E-state index in [9.17, 15) is 4.79 Å².